The van der Waals surface area contributed by atoms with Gasteiger partial charge >= 0.3 is 0 Å². The van der Waals surface area contributed by atoms with Crippen molar-refractivity contribution >= 4 is 11.4 Å². The van der Waals surface area contributed by atoms with Gasteiger partial charge < -0.3 is 9.88 Å². The Morgan fingerprint density at radius 3 is 2.62 bits per heavy atom. The normalized spacial score (nSPS) is 11.0. The third kappa shape index (κ3) is 4.00. The minimum absolute atomic E-state index is 0.280. The van der Waals surface area contributed by atoms with Crippen molar-refractivity contribution in [1.29, 1.82) is 0 Å². The number of carbonyl (C=O) groups is 1. The molecule has 32 heavy (non-hydrogen) atoms. The highest BCUT2D eigenvalue weighted by molar-refractivity contribution is 6.00. The molecule has 1 N–H and O–H groups in total. The zero-order valence-corrected chi connectivity index (χ0v) is 17.1. The Bertz CT molecular complexity index is 1370. The van der Waals surface area contributed by atoms with E-state index in [9.17, 15) is 9.18 Å². The lowest BCUT2D eigenvalue weighted by Gasteiger charge is -2.04. The van der Waals surface area contributed by atoms with Gasteiger partial charge in [0.2, 0.25) is 0 Å². The molecule has 0 saturated heterocycles. The van der Waals surface area contributed by atoms with Crippen molar-refractivity contribution in [3.8, 4) is 11.4 Å². The molecule has 6 nitrogen and oxygen atoms in total. The molecule has 0 bridgehead atoms. The number of rotatable bonds is 6. The molecule has 0 fully saturated rings. The monoisotopic (exact) mass is 425 g/mol. The number of hydrogen-bond acceptors (Lipinski definition) is 3. The summed E-state index contributed by atoms with van der Waals surface area (Å²) in [5.74, 6) is 0.101. The Hall–Kier alpha value is -4.26. The summed E-state index contributed by atoms with van der Waals surface area (Å²) in [7, 11) is 0. The molecule has 4 heterocycles. The van der Waals surface area contributed by atoms with Crippen LogP contribution in [0.2, 0.25) is 0 Å². The van der Waals surface area contributed by atoms with Gasteiger partial charge in [0, 0.05) is 36.9 Å². The van der Waals surface area contributed by atoms with E-state index < -0.39 is 0 Å². The Kier molecular flexibility index (Phi) is 5.21. The minimum atomic E-state index is -0.306. The average Bonchev–Trinajstić information content (AvgIpc) is 3.44. The molecule has 0 aliphatic rings. The molecule has 5 aromatic rings. The van der Waals surface area contributed by atoms with Gasteiger partial charge in [0.05, 0.1) is 17.8 Å². The average molecular weight is 425 g/mol. The van der Waals surface area contributed by atoms with E-state index in [2.05, 4.69) is 15.3 Å². The van der Waals surface area contributed by atoms with Crippen LogP contribution in [0.15, 0.2) is 91.5 Å². The highest BCUT2D eigenvalue weighted by Gasteiger charge is 2.18. The first-order valence-electron chi connectivity index (χ1n) is 10.2. The van der Waals surface area contributed by atoms with Crippen molar-refractivity contribution in [2.45, 2.75) is 13.1 Å². The van der Waals surface area contributed by atoms with Gasteiger partial charge in [-0.05, 0) is 48.0 Å². The Morgan fingerprint density at radius 1 is 0.969 bits per heavy atom. The van der Waals surface area contributed by atoms with Crippen LogP contribution in [0.1, 0.15) is 21.7 Å². The summed E-state index contributed by atoms with van der Waals surface area (Å²) in [6.45, 7) is 0.940. The lowest BCUT2D eigenvalue weighted by Crippen LogP contribution is -2.23. The summed E-state index contributed by atoms with van der Waals surface area (Å²) in [5, 5.41) is 2.88. The second-order valence-electron chi connectivity index (χ2n) is 7.44. The van der Waals surface area contributed by atoms with E-state index in [-0.39, 0.29) is 11.7 Å². The lowest BCUT2D eigenvalue weighted by atomic mass is 10.2. The molecule has 0 spiro atoms. The summed E-state index contributed by atoms with van der Waals surface area (Å²) in [5.41, 5.74) is 3.75. The van der Waals surface area contributed by atoms with Gasteiger partial charge in [-0.2, -0.15) is 0 Å². The van der Waals surface area contributed by atoms with E-state index in [1.165, 1.54) is 12.1 Å². The quantitative estimate of drug-likeness (QED) is 0.441. The topological polar surface area (TPSA) is 64.2 Å². The summed E-state index contributed by atoms with van der Waals surface area (Å²) in [6.07, 6.45) is 7.64. The molecular weight excluding hydrogens is 405 g/mol. The van der Waals surface area contributed by atoms with Crippen molar-refractivity contribution < 1.29 is 9.18 Å². The first-order valence-corrected chi connectivity index (χ1v) is 10.2. The number of aromatic nitrogens is 4. The van der Waals surface area contributed by atoms with Crippen molar-refractivity contribution in [1.82, 2.24) is 24.3 Å². The SMILES string of the molecule is O=C(NCc1ccc(F)cc1)c1nc(-c2ccn(Cc3ccccn3)c2)n2ccccc12. The van der Waals surface area contributed by atoms with Crippen LogP contribution in [0.3, 0.4) is 0 Å². The zero-order valence-electron chi connectivity index (χ0n) is 17.1. The highest BCUT2D eigenvalue weighted by Crippen LogP contribution is 2.23. The molecule has 1 amide bonds. The maximum atomic E-state index is 13.1. The van der Waals surface area contributed by atoms with Crippen molar-refractivity contribution in [3.63, 3.8) is 0 Å². The number of hydrogen-bond donors (Lipinski definition) is 1. The Balaban J connectivity index is 1.41. The van der Waals surface area contributed by atoms with Gasteiger partial charge in [-0.3, -0.25) is 14.2 Å². The summed E-state index contributed by atoms with van der Waals surface area (Å²) < 4.78 is 17.1. The first-order chi connectivity index (χ1) is 15.7. The number of nitrogens with one attached hydrogen (secondary N) is 1. The zero-order chi connectivity index (χ0) is 21.9. The molecule has 0 aliphatic heterocycles. The lowest BCUT2D eigenvalue weighted by molar-refractivity contribution is 0.0948. The van der Waals surface area contributed by atoms with Crippen LogP contribution in [0.4, 0.5) is 4.39 Å². The number of benzene rings is 1. The maximum absolute atomic E-state index is 13.1. The number of pyridine rings is 2. The molecule has 158 valence electrons. The Labute approximate surface area is 184 Å². The van der Waals surface area contributed by atoms with Gasteiger partial charge in [-0.1, -0.05) is 24.3 Å². The van der Waals surface area contributed by atoms with Gasteiger partial charge in [-0.15, -0.1) is 0 Å². The third-order valence-corrected chi connectivity index (χ3v) is 5.21. The van der Waals surface area contributed by atoms with Gasteiger partial charge in [0.15, 0.2) is 5.69 Å². The van der Waals surface area contributed by atoms with E-state index >= 15 is 0 Å². The van der Waals surface area contributed by atoms with E-state index in [4.69, 9.17) is 0 Å². The van der Waals surface area contributed by atoms with Crippen molar-refractivity contribution in [2.75, 3.05) is 0 Å². The second kappa shape index (κ2) is 8.47. The highest BCUT2D eigenvalue weighted by atomic mass is 19.1. The smallest absolute Gasteiger partial charge is 0.272 e. The number of fused-ring (bicyclic) bond motifs is 1. The molecule has 0 unspecified atom stereocenters. The molecule has 0 saturated carbocycles. The number of carbonyl (C=O) groups excluding carboxylic acids is 1. The van der Waals surface area contributed by atoms with Gasteiger partial charge in [0.25, 0.3) is 5.91 Å². The molecule has 7 heteroatoms. The minimum Gasteiger partial charge on any atom is -0.348 e. The first kappa shape index (κ1) is 19.7. The van der Waals surface area contributed by atoms with Crippen molar-refractivity contribution in [2.24, 2.45) is 0 Å². The predicted octanol–water partition coefficient (Wildman–Crippen LogP) is 4.32. The largest absolute Gasteiger partial charge is 0.348 e. The molecule has 0 atom stereocenters. The predicted molar refractivity (Wildman–Crippen MR) is 120 cm³/mol. The fraction of sp³-hybridized carbons (Fsp3) is 0.0800. The van der Waals surface area contributed by atoms with E-state index in [1.54, 1.807) is 18.3 Å². The van der Waals surface area contributed by atoms with Crippen LogP contribution in [-0.4, -0.2) is 24.8 Å². The molecule has 0 radical (unpaired) electrons. The molecular formula is C25H20FN5O. The molecule has 1 aromatic carbocycles. The standard InChI is InChI=1S/C25H20FN5O/c26-20-9-7-18(8-10-20)15-28-25(32)23-22-6-2-4-13-31(22)24(29-23)19-11-14-30(16-19)17-21-5-1-3-12-27-21/h1-14,16H,15,17H2,(H,28,32). The third-order valence-electron chi connectivity index (χ3n) is 5.21. The summed E-state index contributed by atoms with van der Waals surface area (Å²) in [4.78, 5) is 22.0. The number of amides is 1. The summed E-state index contributed by atoms with van der Waals surface area (Å²) in [6, 6.07) is 19.5. The summed E-state index contributed by atoms with van der Waals surface area (Å²) >= 11 is 0. The van der Waals surface area contributed by atoms with Crippen molar-refractivity contribution in [3.05, 3.63) is 114 Å². The fourth-order valence-corrected chi connectivity index (χ4v) is 3.63. The Morgan fingerprint density at radius 2 is 1.81 bits per heavy atom. The van der Waals surface area contributed by atoms with Crippen LogP contribution in [0.25, 0.3) is 16.9 Å². The number of imidazole rings is 1. The molecule has 4 aromatic heterocycles. The van der Waals surface area contributed by atoms with Crippen LogP contribution >= 0.6 is 0 Å². The van der Waals surface area contributed by atoms with Gasteiger partial charge in [-0.25, -0.2) is 9.37 Å². The van der Waals surface area contributed by atoms with Crippen LogP contribution < -0.4 is 5.32 Å². The number of halogens is 1. The van der Waals surface area contributed by atoms with Crippen LogP contribution in [0, 0.1) is 5.82 Å². The van der Waals surface area contributed by atoms with Gasteiger partial charge in [0.1, 0.15) is 11.6 Å². The van der Waals surface area contributed by atoms with Crippen LogP contribution in [-0.2, 0) is 13.1 Å². The fourth-order valence-electron chi connectivity index (χ4n) is 3.63. The maximum Gasteiger partial charge on any atom is 0.272 e. The molecule has 0 aliphatic carbocycles. The van der Waals surface area contributed by atoms with E-state index in [0.29, 0.717) is 24.6 Å². The van der Waals surface area contributed by atoms with Crippen LogP contribution in [0.5, 0.6) is 0 Å². The van der Waals surface area contributed by atoms with E-state index in [1.807, 2.05) is 70.0 Å². The number of nitrogens with zero attached hydrogens (tertiary/aromatic N) is 4. The second-order valence-corrected chi connectivity index (χ2v) is 7.44. The van der Waals surface area contributed by atoms with E-state index in [0.717, 1.165) is 22.3 Å². The molecule has 5 rings (SSSR count).